The second-order valence-corrected chi connectivity index (χ2v) is 2.65. The molecule has 1 heterocycles. The van der Waals surface area contributed by atoms with Crippen LogP contribution in [0.15, 0.2) is 29.3 Å². The Hall–Kier alpha value is -0.406. The molecule has 0 aromatic heterocycles. The zero-order valence-electron chi connectivity index (χ0n) is 7.49. The number of nitrogens with zero attached hydrogens (tertiary/aromatic N) is 2. The van der Waals surface area contributed by atoms with Gasteiger partial charge in [-0.3, -0.25) is 0 Å². The number of aliphatic imine (C=N–C) groups is 1. The summed E-state index contributed by atoms with van der Waals surface area (Å²) in [6.07, 6.45) is 0. The second kappa shape index (κ2) is 4.73. The van der Waals surface area contributed by atoms with E-state index in [4.69, 9.17) is 0 Å². The maximum absolute atomic E-state index is 4.23. The van der Waals surface area contributed by atoms with Gasteiger partial charge in [0.15, 0.2) is 0 Å². The molecule has 0 bridgehead atoms. The van der Waals surface area contributed by atoms with Gasteiger partial charge in [0.1, 0.15) is 0 Å². The molecule has 0 fully saturated rings. The molecule has 1 aromatic carbocycles. The first kappa shape index (κ1) is 10.7. The third-order valence-electron chi connectivity index (χ3n) is 1.87. The Balaban J connectivity index is 0.000000845. The molecule has 0 saturated heterocycles. The molecule has 13 heavy (non-hydrogen) atoms. The van der Waals surface area contributed by atoms with Crippen LogP contribution in [0.2, 0.25) is 0 Å². The molecule has 1 N–H and O–H groups in total. The van der Waals surface area contributed by atoms with Crippen molar-refractivity contribution in [2.75, 3.05) is 12.4 Å². The summed E-state index contributed by atoms with van der Waals surface area (Å²) in [7, 11) is 1.74. The smallest absolute Gasteiger partial charge is 0.0104 e. The normalized spacial score (nSPS) is 16.5. The summed E-state index contributed by atoms with van der Waals surface area (Å²) in [6, 6.07) is 8.13. The summed E-state index contributed by atoms with van der Waals surface area (Å²) in [5, 5.41) is 7.36. The van der Waals surface area contributed by atoms with Crippen molar-refractivity contribution in [1.29, 1.82) is 0 Å². The monoisotopic (exact) mass is 249 g/mol. The number of hydrogen-bond acceptors (Lipinski definition) is 1. The first-order valence-electron chi connectivity index (χ1n) is 3.89. The molecule has 3 nitrogen and oxygen atoms in total. The summed E-state index contributed by atoms with van der Waals surface area (Å²) in [6.45, 7) is 0.732. The van der Waals surface area contributed by atoms with Crippen LogP contribution in [0.4, 0.5) is 5.69 Å². The molecular formula is C9H10N3Y-. The van der Waals surface area contributed by atoms with Gasteiger partial charge in [0.2, 0.25) is 0 Å². The van der Waals surface area contributed by atoms with Gasteiger partial charge in [-0.25, -0.2) is 0 Å². The van der Waals surface area contributed by atoms with Gasteiger partial charge < -0.3 is 15.6 Å². The van der Waals surface area contributed by atoms with E-state index in [0.717, 1.165) is 12.2 Å². The van der Waals surface area contributed by atoms with E-state index in [9.17, 15) is 0 Å². The third kappa shape index (κ3) is 2.29. The van der Waals surface area contributed by atoms with E-state index >= 15 is 0 Å². The van der Waals surface area contributed by atoms with Crippen LogP contribution in [0.25, 0.3) is 5.32 Å². The van der Waals surface area contributed by atoms with Crippen LogP contribution in [0.5, 0.6) is 0 Å². The second-order valence-electron chi connectivity index (χ2n) is 2.65. The van der Waals surface area contributed by atoms with E-state index < -0.39 is 0 Å². The summed E-state index contributed by atoms with van der Waals surface area (Å²) in [5.41, 5.74) is 2.35. The van der Waals surface area contributed by atoms with Gasteiger partial charge in [0.25, 0.3) is 0 Å². The van der Waals surface area contributed by atoms with Crippen LogP contribution >= 0.6 is 0 Å². The number of hydrogen-bond donors (Lipinski definition) is 1. The molecule has 2 rings (SSSR count). The maximum atomic E-state index is 4.23. The average molecular weight is 249 g/mol. The molecule has 1 radical (unpaired) electrons. The number of rotatable bonds is 0. The van der Waals surface area contributed by atoms with Crippen LogP contribution in [-0.4, -0.2) is 13.0 Å². The Morgan fingerprint density at radius 1 is 1.38 bits per heavy atom. The van der Waals surface area contributed by atoms with Gasteiger partial charge in [0, 0.05) is 45.2 Å². The molecule has 4 heteroatoms. The molecular weight excluding hydrogens is 239 g/mol. The summed E-state index contributed by atoms with van der Waals surface area (Å²) in [5.74, 6) is 0.716. The molecule has 0 aliphatic carbocycles. The Bertz CT molecular complexity index is 322. The summed E-state index contributed by atoms with van der Waals surface area (Å²) < 4.78 is 0. The fourth-order valence-electron chi connectivity index (χ4n) is 1.23. The largest absolute Gasteiger partial charge is 0.412 e. The number of benzene rings is 1. The van der Waals surface area contributed by atoms with Crippen molar-refractivity contribution in [3.63, 3.8) is 0 Å². The Kier molecular flexibility index (Phi) is 3.88. The first-order valence-corrected chi connectivity index (χ1v) is 3.89. The van der Waals surface area contributed by atoms with E-state index in [2.05, 4.69) is 21.7 Å². The number of anilines is 1. The van der Waals surface area contributed by atoms with Crippen molar-refractivity contribution >= 4 is 11.6 Å². The molecule has 0 spiro atoms. The van der Waals surface area contributed by atoms with Crippen molar-refractivity contribution in [1.82, 2.24) is 0 Å². The number of guanidine groups is 1. The molecule has 1 aromatic rings. The van der Waals surface area contributed by atoms with Crippen LogP contribution < -0.4 is 5.32 Å². The molecule has 1 aliphatic rings. The van der Waals surface area contributed by atoms with Gasteiger partial charge >= 0.3 is 0 Å². The molecule has 0 atom stereocenters. The standard InChI is InChI=1S/C9H10N3.Y/c1-10-9-11-6-7-4-2-3-5-8(7)12-9;/h2-5H,6H2,1H3,(H-,10,11,12);/q-1;. The molecule has 0 amide bonds. The zero-order valence-corrected chi connectivity index (χ0v) is 10.3. The molecule has 65 valence electrons. The van der Waals surface area contributed by atoms with Gasteiger partial charge in [-0.1, -0.05) is 24.3 Å². The molecule has 1 aliphatic heterocycles. The minimum atomic E-state index is 0. The van der Waals surface area contributed by atoms with Gasteiger partial charge in [-0.15, -0.1) is 0 Å². The maximum Gasteiger partial charge on any atom is 0.0104 e. The molecule has 0 unspecified atom stereocenters. The minimum Gasteiger partial charge on any atom is -0.412 e. The predicted molar refractivity (Wildman–Crippen MR) is 50.5 cm³/mol. The average Bonchev–Trinajstić information content (AvgIpc) is 2.17. The van der Waals surface area contributed by atoms with E-state index in [1.54, 1.807) is 7.05 Å². The van der Waals surface area contributed by atoms with E-state index in [1.165, 1.54) is 5.56 Å². The van der Waals surface area contributed by atoms with Crippen molar-refractivity contribution in [3.05, 3.63) is 35.1 Å². The van der Waals surface area contributed by atoms with Gasteiger partial charge in [-0.2, -0.15) is 0 Å². The number of nitrogens with one attached hydrogen (secondary N) is 1. The topological polar surface area (TPSA) is 38.5 Å². The van der Waals surface area contributed by atoms with Crippen LogP contribution in [0.1, 0.15) is 5.56 Å². The van der Waals surface area contributed by atoms with Crippen LogP contribution in [-0.2, 0) is 39.3 Å². The molecule has 0 saturated carbocycles. The van der Waals surface area contributed by atoms with Crippen LogP contribution in [0.3, 0.4) is 0 Å². The van der Waals surface area contributed by atoms with E-state index in [-0.39, 0.29) is 32.7 Å². The zero-order chi connectivity index (χ0) is 8.39. The van der Waals surface area contributed by atoms with E-state index in [0.29, 0.717) is 5.96 Å². The van der Waals surface area contributed by atoms with E-state index in [1.807, 2.05) is 18.2 Å². The number of fused-ring (bicyclic) bond motifs is 1. The fourth-order valence-corrected chi connectivity index (χ4v) is 1.23. The quantitative estimate of drug-likeness (QED) is 0.750. The SMILES string of the molecule is CN=C1[N-]Cc2ccccc2N1.[Y]. The Morgan fingerprint density at radius 2 is 2.15 bits per heavy atom. The Morgan fingerprint density at radius 3 is 2.92 bits per heavy atom. The van der Waals surface area contributed by atoms with Crippen molar-refractivity contribution < 1.29 is 32.7 Å². The van der Waals surface area contributed by atoms with Crippen molar-refractivity contribution in [2.24, 2.45) is 4.99 Å². The Labute approximate surface area is 103 Å². The van der Waals surface area contributed by atoms with Crippen molar-refractivity contribution in [3.8, 4) is 0 Å². The van der Waals surface area contributed by atoms with Gasteiger partial charge in [-0.05, 0) is 18.3 Å². The predicted octanol–water partition coefficient (Wildman–Crippen LogP) is 1.97. The minimum absolute atomic E-state index is 0. The van der Waals surface area contributed by atoms with Crippen LogP contribution in [0, 0.1) is 0 Å². The summed E-state index contributed by atoms with van der Waals surface area (Å²) in [4.78, 5) is 3.99. The van der Waals surface area contributed by atoms with Crippen molar-refractivity contribution in [2.45, 2.75) is 6.54 Å². The summed E-state index contributed by atoms with van der Waals surface area (Å²) >= 11 is 0. The third-order valence-corrected chi connectivity index (χ3v) is 1.87. The van der Waals surface area contributed by atoms with Gasteiger partial charge in [0.05, 0.1) is 0 Å². The fraction of sp³-hybridized carbons (Fsp3) is 0.222. The first-order chi connectivity index (χ1) is 5.90. The number of para-hydroxylation sites is 1.